The van der Waals surface area contributed by atoms with Crippen LogP contribution in [0.25, 0.3) is 0 Å². The van der Waals surface area contributed by atoms with Gasteiger partial charge in [-0.05, 0) is 12.3 Å². The van der Waals surface area contributed by atoms with E-state index >= 15 is 0 Å². The second-order valence-corrected chi connectivity index (χ2v) is 7.61. The van der Waals surface area contributed by atoms with E-state index in [1.54, 1.807) is 0 Å². The van der Waals surface area contributed by atoms with Crippen LogP contribution in [0.5, 0.6) is 0 Å². The zero-order valence-electron chi connectivity index (χ0n) is 12.8. The predicted molar refractivity (Wildman–Crippen MR) is 80.9 cm³/mol. The lowest BCUT2D eigenvalue weighted by Gasteiger charge is -2.19. The monoisotopic (exact) mass is 319 g/mol. The summed E-state index contributed by atoms with van der Waals surface area (Å²) >= 11 is 0. The maximum Gasteiger partial charge on any atom is 0.326 e. The van der Waals surface area contributed by atoms with Gasteiger partial charge in [0.25, 0.3) is 10.0 Å². The lowest BCUT2D eigenvalue weighted by Crippen LogP contribution is -2.37. The molecule has 0 saturated heterocycles. The Hall–Kier alpha value is -1.28. The van der Waals surface area contributed by atoms with E-state index in [0.717, 1.165) is 30.0 Å². The van der Waals surface area contributed by atoms with Gasteiger partial charge >= 0.3 is 5.97 Å². The van der Waals surface area contributed by atoms with E-state index in [9.17, 15) is 18.3 Å². The van der Waals surface area contributed by atoms with E-state index in [0.29, 0.717) is 12.3 Å². The van der Waals surface area contributed by atoms with Gasteiger partial charge < -0.3 is 15.7 Å². The number of carboxylic acids is 1. The third-order valence-electron chi connectivity index (χ3n) is 3.76. The highest BCUT2D eigenvalue weighted by Gasteiger charge is 2.25. The van der Waals surface area contributed by atoms with Crippen molar-refractivity contribution >= 4 is 16.0 Å². The first-order chi connectivity index (χ1) is 9.78. The maximum absolute atomic E-state index is 12.0. The van der Waals surface area contributed by atoms with E-state index in [-0.39, 0.29) is 5.03 Å². The smallest absolute Gasteiger partial charge is 0.326 e. The van der Waals surface area contributed by atoms with Crippen molar-refractivity contribution in [3.05, 3.63) is 11.2 Å². The van der Waals surface area contributed by atoms with E-state index in [2.05, 4.69) is 10.6 Å². The van der Waals surface area contributed by atoms with Crippen molar-refractivity contribution in [2.75, 3.05) is 21.1 Å². The summed E-state index contributed by atoms with van der Waals surface area (Å²) in [6, 6.07) is -0.770. The van der Waals surface area contributed by atoms with Crippen molar-refractivity contribution in [2.24, 2.45) is 5.92 Å². The maximum atomic E-state index is 12.0. The van der Waals surface area contributed by atoms with Crippen molar-refractivity contribution in [3.63, 3.8) is 0 Å². The number of hydrogen-bond donors (Lipinski definition) is 3. The average molecular weight is 319 g/mol. The molecule has 1 fully saturated rings. The normalized spacial score (nSPS) is 18.8. The largest absolute Gasteiger partial charge is 0.480 e. The van der Waals surface area contributed by atoms with Gasteiger partial charge in [0.15, 0.2) is 5.03 Å². The summed E-state index contributed by atoms with van der Waals surface area (Å²) in [4.78, 5) is 11.3. The molecule has 0 aromatic heterocycles. The average Bonchev–Trinajstić information content (AvgIpc) is 2.90. The zero-order valence-corrected chi connectivity index (χ0v) is 13.6. The number of carbonyl (C=O) groups is 1. The molecular weight excluding hydrogens is 294 g/mol. The van der Waals surface area contributed by atoms with Crippen LogP contribution in [0.2, 0.25) is 0 Å². The van der Waals surface area contributed by atoms with E-state index in [1.807, 2.05) is 0 Å². The van der Waals surface area contributed by atoms with Crippen LogP contribution in [0.4, 0.5) is 0 Å². The first-order valence-corrected chi connectivity index (χ1v) is 8.52. The molecule has 0 aliphatic heterocycles. The molecule has 1 saturated carbocycles. The molecule has 1 atom stereocenters. The number of nitrogens with one attached hydrogen (secondary N) is 2. The number of aliphatic carboxylic acids is 1. The molecule has 21 heavy (non-hydrogen) atoms. The Balaban J connectivity index is 2.77. The molecule has 0 heterocycles. The SMILES string of the molecule is CN/C(=C\N[C@@H](CC1CCCC1)C(=O)O)S(=O)(=O)N(C)C. The van der Waals surface area contributed by atoms with Crippen LogP contribution in [-0.4, -0.2) is 51.0 Å². The van der Waals surface area contributed by atoms with E-state index in [4.69, 9.17) is 0 Å². The Labute approximate surface area is 126 Å². The quantitative estimate of drug-likeness (QED) is 0.603. The van der Waals surface area contributed by atoms with Crippen LogP contribution in [0.15, 0.2) is 11.2 Å². The summed E-state index contributed by atoms with van der Waals surface area (Å²) in [6.45, 7) is 0. The minimum Gasteiger partial charge on any atom is -0.480 e. The van der Waals surface area contributed by atoms with Gasteiger partial charge in [-0.15, -0.1) is 0 Å². The van der Waals surface area contributed by atoms with Gasteiger partial charge in [0.1, 0.15) is 6.04 Å². The van der Waals surface area contributed by atoms with Crippen LogP contribution >= 0.6 is 0 Å². The molecule has 0 aromatic rings. The first kappa shape index (κ1) is 17.8. The minimum atomic E-state index is -3.61. The molecule has 1 rings (SSSR count). The molecule has 0 spiro atoms. The molecule has 3 N–H and O–H groups in total. The van der Waals surface area contributed by atoms with E-state index in [1.165, 1.54) is 27.3 Å². The molecular formula is C13H25N3O4S. The van der Waals surface area contributed by atoms with Crippen molar-refractivity contribution < 1.29 is 18.3 Å². The molecule has 1 aliphatic rings. The van der Waals surface area contributed by atoms with Gasteiger partial charge in [0.2, 0.25) is 0 Å². The molecule has 0 unspecified atom stereocenters. The van der Waals surface area contributed by atoms with Crippen molar-refractivity contribution in [1.82, 2.24) is 14.9 Å². The van der Waals surface area contributed by atoms with Crippen LogP contribution in [-0.2, 0) is 14.8 Å². The molecule has 0 radical (unpaired) electrons. The highest BCUT2D eigenvalue weighted by atomic mass is 32.2. The van der Waals surface area contributed by atoms with Crippen molar-refractivity contribution in [2.45, 2.75) is 38.1 Å². The van der Waals surface area contributed by atoms with Crippen LogP contribution in [0.1, 0.15) is 32.1 Å². The Morgan fingerprint density at radius 1 is 1.38 bits per heavy atom. The van der Waals surface area contributed by atoms with Gasteiger partial charge in [0, 0.05) is 27.3 Å². The molecule has 7 nitrogen and oxygen atoms in total. The molecule has 0 aromatic carbocycles. The summed E-state index contributed by atoms with van der Waals surface area (Å²) in [5.41, 5.74) is 0. The van der Waals surface area contributed by atoms with Gasteiger partial charge in [-0.1, -0.05) is 25.7 Å². The highest BCUT2D eigenvalue weighted by molar-refractivity contribution is 7.92. The third kappa shape index (κ3) is 4.89. The number of rotatable bonds is 8. The lowest BCUT2D eigenvalue weighted by atomic mass is 9.98. The number of nitrogens with zero attached hydrogens (tertiary/aromatic N) is 1. The Morgan fingerprint density at radius 3 is 2.38 bits per heavy atom. The number of hydrogen-bond acceptors (Lipinski definition) is 5. The van der Waals surface area contributed by atoms with Crippen LogP contribution < -0.4 is 10.6 Å². The van der Waals surface area contributed by atoms with Gasteiger partial charge in [-0.25, -0.2) is 17.5 Å². The highest BCUT2D eigenvalue weighted by Crippen LogP contribution is 2.28. The summed E-state index contributed by atoms with van der Waals surface area (Å²) < 4.78 is 25.1. The Bertz CT molecular complexity index is 482. The molecule has 0 amide bonds. The molecule has 8 heteroatoms. The predicted octanol–water partition coefficient (Wildman–Crippen LogP) is 0.519. The Kier molecular flexibility index (Phi) is 6.47. The molecule has 0 bridgehead atoms. The summed E-state index contributed by atoms with van der Waals surface area (Å²) in [5, 5.41) is 14.5. The van der Waals surface area contributed by atoms with Gasteiger partial charge in [0.05, 0.1) is 0 Å². The number of carboxylic acid groups (broad SMARTS) is 1. The summed E-state index contributed by atoms with van der Waals surface area (Å²) in [5.74, 6) is -0.564. The second kappa shape index (κ2) is 7.65. The fraction of sp³-hybridized carbons (Fsp3) is 0.769. The molecule has 1 aliphatic carbocycles. The first-order valence-electron chi connectivity index (χ1n) is 7.08. The minimum absolute atomic E-state index is 0.0508. The second-order valence-electron chi connectivity index (χ2n) is 5.49. The fourth-order valence-electron chi connectivity index (χ4n) is 2.47. The van der Waals surface area contributed by atoms with Crippen LogP contribution in [0.3, 0.4) is 0 Å². The standard InChI is InChI=1S/C13H25N3O4S/c1-14-12(21(19,20)16(2)3)9-15-11(13(17)18)8-10-6-4-5-7-10/h9-11,14-15H,4-8H2,1-3H3,(H,17,18)/b12-9+/t11-/m0/s1. The summed E-state index contributed by atoms with van der Waals surface area (Å²) in [7, 11) is 0.726. The Morgan fingerprint density at radius 2 is 1.95 bits per heavy atom. The summed E-state index contributed by atoms with van der Waals surface area (Å²) in [6.07, 6.45) is 6.13. The topological polar surface area (TPSA) is 98.7 Å². The third-order valence-corrected chi connectivity index (χ3v) is 5.60. The van der Waals surface area contributed by atoms with Gasteiger partial charge in [-0.3, -0.25) is 0 Å². The number of sulfonamides is 1. The van der Waals surface area contributed by atoms with Gasteiger partial charge in [-0.2, -0.15) is 0 Å². The van der Waals surface area contributed by atoms with Crippen molar-refractivity contribution in [1.29, 1.82) is 0 Å². The zero-order chi connectivity index (χ0) is 16.0. The van der Waals surface area contributed by atoms with E-state index < -0.39 is 22.0 Å². The van der Waals surface area contributed by atoms with Crippen LogP contribution in [0, 0.1) is 5.92 Å². The molecule has 122 valence electrons. The lowest BCUT2D eigenvalue weighted by molar-refractivity contribution is -0.139. The van der Waals surface area contributed by atoms with Crippen molar-refractivity contribution in [3.8, 4) is 0 Å². The fourth-order valence-corrected chi connectivity index (χ4v) is 3.34.